The van der Waals surface area contributed by atoms with E-state index in [4.69, 9.17) is 21.1 Å². The van der Waals surface area contributed by atoms with Crippen molar-refractivity contribution in [1.82, 2.24) is 25.2 Å². The van der Waals surface area contributed by atoms with Crippen LogP contribution in [0.4, 0.5) is 19.0 Å². The number of benzene rings is 2. The number of rotatable bonds is 4. The van der Waals surface area contributed by atoms with Gasteiger partial charge < -0.3 is 20.1 Å². The minimum Gasteiger partial charge on any atom is -0.508 e. The number of hydrogen-bond donors (Lipinski definition) is 2. The van der Waals surface area contributed by atoms with E-state index < -0.39 is 23.3 Å². The normalized spacial score (nSPS) is 28.3. The molecule has 46 heavy (non-hydrogen) atoms. The quantitative estimate of drug-likeness (QED) is 0.306. The number of alkyl halides is 1. The van der Waals surface area contributed by atoms with Gasteiger partial charge in [0.25, 0.3) is 0 Å². The van der Waals surface area contributed by atoms with Crippen LogP contribution >= 0.6 is 0 Å². The molecule has 1 unspecified atom stereocenters. The van der Waals surface area contributed by atoms with Crippen LogP contribution in [-0.4, -0.2) is 81.0 Å². The predicted octanol–water partition coefficient (Wildman–Crippen LogP) is 5.02. The fourth-order valence-electron chi connectivity index (χ4n) is 9.01. The zero-order valence-electron chi connectivity index (χ0n) is 25.2. The van der Waals surface area contributed by atoms with E-state index in [-0.39, 0.29) is 52.8 Å². The molecule has 0 radical (unpaired) electrons. The van der Waals surface area contributed by atoms with E-state index in [1.807, 2.05) is 0 Å². The Morgan fingerprint density at radius 1 is 1.11 bits per heavy atom. The molecule has 8 nitrogen and oxygen atoms in total. The van der Waals surface area contributed by atoms with Gasteiger partial charge in [0.1, 0.15) is 41.4 Å². The lowest BCUT2D eigenvalue weighted by Crippen LogP contribution is -2.58. The highest BCUT2D eigenvalue weighted by molar-refractivity contribution is 6.03. The summed E-state index contributed by atoms with van der Waals surface area (Å²) in [6, 6.07) is 6.32. The SMILES string of the molecule is C#Cc1c(F)ccc2cc(O)cc(-c3nc4c5c(nc(OC[C@@]67CCCN6C[C@H](F)C7)nc5c3F)N3C[C@H]5CC[C@H](N5)C3CC4)c12. The molecule has 236 valence electrons. The number of hydrogen-bond acceptors (Lipinski definition) is 8. The number of phenols is 1. The van der Waals surface area contributed by atoms with Gasteiger partial charge in [-0.3, -0.25) is 4.90 Å². The lowest BCUT2D eigenvalue weighted by Gasteiger charge is -2.41. The van der Waals surface area contributed by atoms with Crippen LogP contribution in [-0.2, 0) is 6.42 Å². The third kappa shape index (κ3) is 4.12. The standard InChI is InChI=1S/C35H33F3N6O2/c1-2-22-24(37)6-4-18-12-21(45)13-23(28(18)22)31-30(38)32-29-26(40-31)8-9-27-25-7-5-20(39-25)16-44(27)33(29)42-34(41-32)46-17-35-10-3-11-43(35)15-19(36)14-35/h1,4,6,12-13,19-20,25,27,39,45H,3,5,7-11,14-17H2/t19-,20-,25+,27?,35+/m1/s1. The van der Waals surface area contributed by atoms with Crippen LogP contribution in [0, 0.1) is 24.0 Å². The molecule has 5 aliphatic rings. The predicted molar refractivity (Wildman–Crippen MR) is 168 cm³/mol. The summed E-state index contributed by atoms with van der Waals surface area (Å²) in [6.07, 6.45) is 10.4. The zero-order chi connectivity index (χ0) is 31.3. The number of phenolic OH excluding ortho intramolecular Hbond substituents is 1. The molecule has 7 heterocycles. The first kappa shape index (κ1) is 28.1. The van der Waals surface area contributed by atoms with Crippen LogP contribution in [0.1, 0.15) is 49.8 Å². The van der Waals surface area contributed by atoms with Crippen molar-refractivity contribution in [2.24, 2.45) is 0 Å². The molecule has 4 fully saturated rings. The highest BCUT2D eigenvalue weighted by atomic mass is 19.1. The fraction of sp³-hybridized carbons (Fsp3) is 0.457. The second-order valence-electron chi connectivity index (χ2n) is 13.6. The monoisotopic (exact) mass is 626 g/mol. The molecule has 0 aliphatic carbocycles. The van der Waals surface area contributed by atoms with Gasteiger partial charge in [0.15, 0.2) is 5.82 Å². The number of aryl methyl sites for hydroxylation is 1. The zero-order valence-corrected chi connectivity index (χ0v) is 25.2. The van der Waals surface area contributed by atoms with Gasteiger partial charge in [0.05, 0.1) is 22.2 Å². The Kier molecular flexibility index (Phi) is 6.22. The molecule has 9 rings (SSSR count). The molecule has 5 atom stereocenters. The first-order valence-corrected chi connectivity index (χ1v) is 16.2. The molecule has 0 spiro atoms. The van der Waals surface area contributed by atoms with Crippen LogP contribution in [0.3, 0.4) is 0 Å². The molecule has 2 aromatic carbocycles. The van der Waals surface area contributed by atoms with Crippen molar-refractivity contribution in [2.75, 3.05) is 31.1 Å². The number of ether oxygens (including phenoxy) is 1. The Balaban J connectivity index is 1.25. The lowest BCUT2D eigenvalue weighted by molar-refractivity contribution is 0.107. The summed E-state index contributed by atoms with van der Waals surface area (Å²) >= 11 is 0. The number of aromatic hydroxyl groups is 1. The number of terminal acetylenes is 1. The van der Waals surface area contributed by atoms with Crippen molar-refractivity contribution < 1.29 is 23.0 Å². The molecule has 11 heteroatoms. The minimum atomic E-state index is -0.911. The summed E-state index contributed by atoms with van der Waals surface area (Å²) in [7, 11) is 0. The smallest absolute Gasteiger partial charge is 0.319 e. The molecule has 2 aromatic heterocycles. The average molecular weight is 627 g/mol. The number of nitrogens with zero attached hydrogens (tertiary/aromatic N) is 5. The van der Waals surface area contributed by atoms with E-state index in [1.54, 1.807) is 0 Å². The maximum absolute atomic E-state index is 17.1. The first-order chi connectivity index (χ1) is 22.3. The molecule has 0 amide bonds. The summed E-state index contributed by atoms with van der Waals surface area (Å²) in [6.45, 7) is 2.15. The Labute approximate surface area is 264 Å². The van der Waals surface area contributed by atoms with E-state index in [0.29, 0.717) is 53.1 Å². The third-order valence-corrected chi connectivity index (χ3v) is 11.0. The number of piperazine rings is 1. The molecule has 0 saturated carbocycles. The van der Waals surface area contributed by atoms with Crippen LogP contribution < -0.4 is 15.0 Å². The highest BCUT2D eigenvalue weighted by Gasteiger charge is 2.50. The number of aromatic nitrogens is 3. The maximum Gasteiger partial charge on any atom is 0.319 e. The van der Waals surface area contributed by atoms with Gasteiger partial charge in [-0.2, -0.15) is 9.97 Å². The van der Waals surface area contributed by atoms with Crippen LogP contribution in [0.5, 0.6) is 11.8 Å². The largest absolute Gasteiger partial charge is 0.508 e. The van der Waals surface area contributed by atoms with Gasteiger partial charge >= 0.3 is 6.01 Å². The fourth-order valence-corrected chi connectivity index (χ4v) is 9.01. The van der Waals surface area contributed by atoms with Crippen molar-refractivity contribution in [3.63, 3.8) is 0 Å². The number of halogens is 3. The van der Waals surface area contributed by atoms with Gasteiger partial charge in [-0.05, 0) is 68.7 Å². The van der Waals surface area contributed by atoms with Crippen molar-refractivity contribution in [3.05, 3.63) is 47.2 Å². The number of pyridine rings is 1. The van der Waals surface area contributed by atoms with E-state index in [0.717, 1.165) is 45.2 Å². The van der Waals surface area contributed by atoms with Gasteiger partial charge in [-0.1, -0.05) is 12.0 Å². The van der Waals surface area contributed by atoms with Crippen LogP contribution in [0.15, 0.2) is 24.3 Å². The first-order valence-electron chi connectivity index (χ1n) is 16.2. The number of nitrogens with one attached hydrogen (secondary N) is 1. The molecule has 4 saturated heterocycles. The van der Waals surface area contributed by atoms with Gasteiger partial charge in [0, 0.05) is 48.6 Å². The second kappa shape index (κ2) is 10.2. The van der Waals surface area contributed by atoms with E-state index in [9.17, 15) is 13.9 Å². The topological polar surface area (TPSA) is 86.6 Å². The summed E-state index contributed by atoms with van der Waals surface area (Å²) in [4.78, 5) is 18.9. The molecule has 4 aromatic rings. The minimum absolute atomic E-state index is 0.0330. The highest BCUT2D eigenvalue weighted by Crippen LogP contribution is 2.45. The molecular weight excluding hydrogens is 593 g/mol. The average Bonchev–Trinajstić information content (AvgIpc) is 3.68. The van der Waals surface area contributed by atoms with Gasteiger partial charge in [-0.25, -0.2) is 18.2 Å². The summed E-state index contributed by atoms with van der Waals surface area (Å²) in [5.41, 5.74) is 0.337. The Hall–Kier alpha value is -4.14. The van der Waals surface area contributed by atoms with Gasteiger partial charge in [0.2, 0.25) is 0 Å². The van der Waals surface area contributed by atoms with Crippen molar-refractivity contribution >= 4 is 27.5 Å². The lowest BCUT2D eigenvalue weighted by atomic mass is 9.95. The van der Waals surface area contributed by atoms with Crippen LogP contribution in [0.25, 0.3) is 32.9 Å². The second-order valence-corrected chi connectivity index (χ2v) is 13.6. The molecule has 5 aliphatic heterocycles. The Morgan fingerprint density at radius 3 is 2.87 bits per heavy atom. The van der Waals surface area contributed by atoms with E-state index in [1.165, 1.54) is 24.3 Å². The van der Waals surface area contributed by atoms with Crippen LogP contribution in [0.2, 0.25) is 0 Å². The Morgan fingerprint density at radius 2 is 2.00 bits per heavy atom. The Bertz CT molecular complexity index is 1980. The summed E-state index contributed by atoms with van der Waals surface area (Å²) in [5.74, 6) is 1.53. The summed E-state index contributed by atoms with van der Waals surface area (Å²) < 4.78 is 52.9. The molecular formula is C35H33F3N6O2. The van der Waals surface area contributed by atoms with Gasteiger partial charge in [-0.15, -0.1) is 6.42 Å². The van der Waals surface area contributed by atoms with Crippen molar-refractivity contribution in [3.8, 4) is 35.4 Å². The van der Waals surface area contributed by atoms with Crippen molar-refractivity contribution in [1.29, 1.82) is 0 Å². The number of fused-ring (bicyclic) bond motifs is 7. The van der Waals surface area contributed by atoms with E-state index >= 15 is 4.39 Å². The molecule has 2 bridgehead atoms. The maximum atomic E-state index is 17.1. The number of anilines is 1. The summed E-state index contributed by atoms with van der Waals surface area (Å²) in [5, 5.41) is 15.7. The van der Waals surface area contributed by atoms with Crippen molar-refractivity contribution in [2.45, 2.75) is 74.8 Å². The third-order valence-electron chi connectivity index (χ3n) is 11.0. The van der Waals surface area contributed by atoms with E-state index in [2.05, 4.69) is 26.0 Å². The molecule has 2 N–H and O–H groups in total.